The Labute approximate surface area is 83.2 Å². The zero-order chi connectivity index (χ0) is 10.6. The van der Waals surface area contributed by atoms with Crippen molar-refractivity contribution in [2.45, 2.75) is 13.5 Å². The van der Waals surface area contributed by atoms with E-state index >= 15 is 0 Å². The van der Waals surface area contributed by atoms with Crippen molar-refractivity contribution in [2.24, 2.45) is 0 Å². The molecule has 1 N–H and O–H groups in total. The summed E-state index contributed by atoms with van der Waals surface area (Å²) in [6.45, 7) is 3.75. The van der Waals surface area contributed by atoms with Gasteiger partial charge in [-0.15, -0.1) is 0 Å². The first kappa shape index (κ1) is 10.7. The summed E-state index contributed by atoms with van der Waals surface area (Å²) in [6, 6.07) is 3.32. The van der Waals surface area contributed by atoms with Gasteiger partial charge >= 0.3 is 5.97 Å². The molecule has 0 aliphatic heterocycles. The van der Waals surface area contributed by atoms with Crippen molar-refractivity contribution in [2.75, 3.05) is 13.6 Å². The number of nitrogens with zero attached hydrogens (tertiary/aromatic N) is 2. The lowest BCUT2D eigenvalue weighted by Gasteiger charge is -2.12. The van der Waals surface area contributed by atoms with Crippen LogP contribution < -0.4 is 0 Å². The Balaban J connectivity index is 2.68. The summed E-state index contributed by atoms with van der Waals surface area (Å²) in [6.07, 6.45) is 1.39. The van der Waals surface area contributed by atoms with Gasteiger partial charge < -0.3 is 10.0 Å². The molecule has 1 aromatic rings. The standard InChI is InChI=1S/C10H14N2O2/c1-3-12(2)7-9-5-4-8(6-11-9)10(13)14/h4-6H,3,7H2,1-2H3,(H,13,14). The minimum atomic E-state index is -0.937. The highest BCUT2D eigenvalue weighted by Crippen LogP contribution is 2.02. The largest absolute Gasteiger partial charge is 0.478 e. The van der Waals surface area contributed by atoms with E-state index < -0.39 is 5.97 Å². The van der Waals surface area contributed by atoms with Crippen molar-refractivity contribution < 1.29 is 9.90 Å². The van der Waals surface area contributed by atoms with Crippen LogP contribution in [0.2, 0.25) is 0 Å². The molecule has 14 heavy (non-hydrogen) atoms. The van der Waals surface area contributed by atoms with Crippen molar-refractivity contribution in [1.82, 2.24) is 9.88 Å². The van der Waals surface area contributed by atoms with Gasteiger partial charge in [0.25, 0.3) is 0 Å². The highest BCUT2D eigenvalue weighted by molar-refractivity contribution is 5.87. The van der Waals surface area contributed by atoms with Crippen LogP contribution in [-0.2, 0) is 6.54 Å². The number of aromatic nitrogens is 1. The summed E-state index contributed by atoms with van der Waals surface area (Å²) in [5.74, 6) is -0.937. The lowest BCUT2D eigenvalue weighted by molar-refractivity contribution is 0.0696. The molecule has 0 aromatic carbocycles. The van der Waals surface area contributed by atoms with Gasteiger partial charge in [0.1, 0.15) is 0 Å². The van der Waals surface area contributed by atoms with E-state index in [9.17, 15) is 4.79 Å². The third kappa shape index (κ3) is 2.81. The fraction of sp³-hybridized carbons (Fsp3) is 0.400. The molecule has 0 saturated carbocycles. The molecule has 0 fully saturated rings. The average molecular weight is 194 g/mol. The quantitative estimate of drug-likeness (QED) is 0.783. The lowest BCUT2D eigenvalue weighted by atomic mass is 10.2. The summed E-state index contributed by atoms with van der Waals surface area (Å²) in [5, 5.41) is 8.65. The van der Waals surface area contributed by atoms with Crippen LogP contribution in [0.3, 0.4) is 0 Å². The smallest absolute Gasteiger partial charge is 0.337 e. The molecule has 0 aliphatic carbocycles. The van der Waals surface area contributed by atoms with Crippen molar-refractivity contribution in [3.8, 4) is 0 Å². The molecular weight excluding hydrogens is 180 g/mol. The second-order valence-electron chi connectivity index (χ2n) is 3.17. The normalized spacial score (nSPS) is 10.5. The van der Waals surface area contributed by atoms with Crippen LogP contribution in [0.5, 0.6) is 0 Å². The maximum atomic E-state index is 10.5. The second kappa shape index (κ2) is 4.72. The predicted octanol–water partition coefficient (Wildman–Crippen LogP) is 1.23. The predicted molar refractivity (Wildman–Crippen MR) is 53.2 cm³/mol. The average Bonchev–Trinajstić information content (AvgIpc) is 2.18. The molecule has 1 heterocycles. The first-order valence-electron chi connectivity index (χ1n) is 4.50. The Morgan fingerprint density at radius 1 is 1.57 bits per heavy atom. The fourth-order valence-corrected chi connectivity index (χ4v) is 1.03. The molecule has 0 radical (unpaired) electrons. The molecule has 4 nitrogen and oxygen atoms in total. The number of pyridine rings is 1. The highest BCUT2D eigenvalue weighted by Gasteiger charge is 2.03. The van der Waals surface area contributed by atoms with Crippen molar-refractivity contribution in [1.29, 1.82) is 0 Å². The molecule has 0 saturated heterocycles. The summed E-state index contributed by atoms with van der Waals surface area (Å²) in [5.41, 5.74) is 1.12. The number of carboxylic acids is 1. The Bertz CT molecular complexity index is 308. The van der Waals surface area contributed by atoms with Crippen LogP contribution in [0.15, 0.2) is 18.3 Å². The van der Waals surface area contributed by atoms with E-state index in [1.165, 1.54) is 6.20 Å². The summed E-state index contributed by atoms with van der Waals surface area (Å²) in [4.78, 5) is 16.7. The van der Waals surface area contributed by atoms with E-state index in [0.29, 0.717) is 0 Å². The second-order valence-corrected chi connectivity index (χ2v) is 3.17. The monoisotopic (exact) mass is 194 g/mol. The van der Waals surface area contributed by atoms with Gasteiger partial charge in [-0.1, -0.05) is 6.92 Å². The van der Waals surface area contributed by atoms with Gasteiger partial charge in [0, 0.05) is 12.7 Å². The van der Waals surface area contributed by atoms with Gasteiger partial charge in [0.15, 0.2) is 0 Å². The maximum absolute atomic E-state index is 10.5. The number of rotatable bonds is 4. The zero-order valence-electron chi connectivity index (χ0n) is 8.40. The Hall–Kier alpha value is -1.42. The first-order valence-corrected chi connectivity index (χ1v) is 4.50. The van der Waals surface area contributed by atoms with E-state index in [1.54, 1.807) is 12.1 Å². The minimum absolute atomic E-state index is 0.230. The van der Waals surface area contributed by atoms with Crippen LogP contribution in [0.1, 0.15) is 23.0 Å². The van der Waals surface area contributed by atoms with Crippen LogP contribution in [-0.4, -0.2) is 34.6 Å². The molecule has 0 spiro atoms. The summed E-state index contributed by atoms with van der Waals surface area (Å²) < 4.78 is 0. The van der Waals surface area contributed by atoms with E-state index in [2.05, 4.69) is 16.8 Å². The zero-order valence-corrected chi connectivity index (χ0v) is 8.40. The van der Waals surface area contributed by atoms with Crippen LogP contribution in [0.4, 0.5) is 0 Å². The highest BCUT2D eigenvalue weighted by atomic mass is 16.4. The summed E-state index contributed by atoms with van der Waals surface area (Å²) in [7, 11) is 1.99. The van der Waals surface area contributed by atoms with Gasteiger partial charge in [0.2, 0.25) is 0 Å². The van der Waals surface area contributed by atoms with Gasteiger partial charge in [0.05, 0.1) is 11.3 Å². The Kier molecular flexibility index (Phi) is 3.59. The molecule has 0 aliphatic rings. The first-order chi connectivity index (χ1) is 6.63. The number of carbonyl (C=O) groups is 1. The number of aromatic carboxylic acids is 1. The molecule has 0 unspecified atom stereocenters. The lowest BCUT2D eigenvalue weighted by Crippen LogP contribution is -2.17. The van der Waals surface area contributed by atoms with Crippen molar-refractivity contribution in [3.63, 3.8) is 0 Å². The van der Waals surface area contributed by atoms with Gasteiger partial charge in [-0.25, -0.2) is 4.79 Å². The van der Waals surface area contributed by atoms with E-state index in [0.717, 1.165) is 18.8 Å². The molecule has 76 valence electrons. The van der Waals surface area contributed by atoms with E-state index in [4.69, 9.17) is 5.11 Å². The Morgan fingerprint density at radius 3 is 2.71 bits per heavy atom. The molecule has 1 rings (SSSR count). The molecule has 0 bridgehead atoms. The van der Waals surface area contributed by atoms with Crippen molar-refractivity contribution >= 4 is 5.97 Å². The van der Waals surface area contributed by atoms with Crippen LogP contribution in [0.25, 0.3) is 0 Å². The van der Waals surface area contributed by atoms with E-state index in [1.807, 2.05) is 7.05 Å². The number of hydrogen-bond donors (Lipinski definition) is 1. The minimum Gasteiger partial charge on any atom is -0.478 e. The van der Waals surface area contributed by atoms with Crippen LogP contribution >= 0.6 is 0 Å². The Morgan fingerprint density at radius 2 is 2.29 bits per heavy atom. The molecule has 4 heteroatoms. The number of carboxylic acid groups (broad SMARTS) is 1. The molecule has 1 aromatic heterocycles. The van der Waals surface area contributed by atoms with Gasteiger partial charge in [-0.05, 0) is 25.7 Å². The molecule has 0 atom stereocenters. The SMILES string of the molecule is CCN(C)Cc1ccc(C(=O)O)cn1. The topological polar surface area (TPSA) is 53.4 Å². The van der Waals surface area contributed by atoms with Crippen molar-refractivity contribution in [3.05, 3.63) is 29.6 Å². The maximum Gasteiger partial charge on any atom is 0.337 e. The van der Waals surface area contributed by atoms with Gasteiger partial charge in [-0.3, -0.25) is 4.98 Å². The van der Waals surface area contributed by atoms with Gasteiger partial charge in [-0.2, -0.15) is 0 Å². The third-order valence-electron chi connectivity index (χ3n) is 2.04. The fourth-order valence-electron chi connectivity index (χ4n) is 1.03. The van der Waals surface area contributed by atoms with Crippen LogP contribution in [0, 0.1) is 0 Å². The summed E-state index contributed by atoms with van der Waals surface area (Å²) >= 11 is 0. The third-order valence-corrected chi connectivity index (χ3v) is 2.04. The number of hydrogen-bond acceptors (Lipinski definition) is 3. The molecular formula is C10H14N2O2. The molecule has 0 amide bonds. The van der Waals surface area contributed by atoms with E-state index in [-0.39, 0.29) is 5.56 Å².